The Morgan fingerprint density at radius 2 is 2.26 bits per heavy atom. The lowest BCUT2D eigenvalue weighted by Crippen LogP contribution is -2.37. The zero-order chi connectivity index (χ0) is 12.9. The Hall–Kier alpha value is -1.24. The van der Waals surface area contributed by atoms with Crippen LogP contribution < -0.4 is 5.32 Å². The summed E-state index contributed by atoms with van der Waals surface area (Å²) >= 11 is 1.67. The Morgan fingerprint density at radius 1 is 1.37 bits per heavy atom. The van der Waals surface area contributed by atoms with E-state index in [0.717, 1.165) is 62.0 Å². The monoisotopic (exact) mass is 278 g/mol. The van der Waals surface area contributed by atoms with Crippen molar-refractivity contribution in [1.82, 2.24) is 14.9 Å². The van der Waals surface area contributed by atoms with Gasteiger partial charge in [0.15, 0.2) is 0 Å². The van der Waals surface area contributed by atoms with Crippen LogP contribution in [0.25, 0.3) is 10.2 Å². The zero-order valence-corrected chi connectivity index (χ0v) is 11.7. The highest BCUT2D eigenvalue weighted by Gasteiger charge is 2.09. The summed E-state index contributed by atoms with van der Waals surface area (Å²) in [6, 6.07) is 2.03. The summed E-state index contributed by atoms with van der Waals surface area (Å²) < 4.78 is 6.47. The van der Waals surface area contributed by atoms with Gasteiger partial charge >= 0.3 is 0 Å². The maximum Gasteiger partial charge on any atom is 0.223 e. The van der Waals surface area contributed by atoms with Gasteiger partial charge in [0.05, 0.1) is 29.6 Å². The number of morpholine rings is 1. The number of thiophene rings is 1. The fourth-order valence-corrected chi connectivity index (χ4v) is 2.87. The standard InChI is InChI=1S/C13H18N4OS/c1(4-17-5-7-18-8-6-17)3-14-13-15-10-12-11(16-13)2-9-19-12/h2,9-10H,1,3-8H2,(H,14,15,16). The predicted molar refractivity (Wildman–Crippen MR) is 77.8 cm³/mol. The van der Waals surface area contributed by atoms with E-state index in [0.29, 0.717) is 0 Å². The molecule has 19 heavy (non-hydrogen) atoms. The third-order valence-corrected chi connectivity index (χ3v) is 4.08. The van der Waals surface area contributed by atoms with Gasteiger partial charge in [0, 0.05) is 19.6 Å². The number of hydrogen-bond acceptors (Lipinski definition) is 6. The molecule has 6 heteroatoms. The molecule has 0 saturated carbocycles. The Kier molecular flexibility index (Phi) is 4.22. The lowest BCUT2D eigenvalue weighted by atomic mass is 10.3. The zero-order valence-electron chi connectivity index (χ0n) is 10.8. The number of fused-ring (bicyclic) bond motifs is 1. The highest BCUT2D eigenvalue weighted by molar-refractivity contribution is 7.17. The molecule has 3 rings (SSSR count). The van der Waals surface area contributed by atoms with Gasteiger partial charge in [0.2, 0.25) is 5.95 Å². The molecule has 0 spiro atoms. The molecule has 1 fully saturated rings. The maximum absolute atomic E-state index is 5.33. The Bertz CT molecular complexity index is 524. The number of nitrogens with one attached hydrogen (secondary N) is 1. The first-order valence-electron chi connectivity index (χ1n) is 6.66. The van der Waals surface area contributed by atoms with Crippen molar-refractivity contribution in [2.24, 2.45) is 0 Å². The van der Waals surface area contributed by atoms with Crippen LogP contribution >= 0.6 is 11.3 Å². The summed E-state index contributed by atoms with van der Waals surface area (Å²) in [6.07, 6.45) is 2.99. The molecule has 0 bridgehead atoms. The normalized spacial score (nSPS) is 16.8. The minimum atomic E-state index is 0.730. The molecule has 3 heterocycles. The number of ether oxygens (including phenoxy) is 1. The largest absolute Gasteiger partial charge is 0.379 e. The van der Waals surface area contributed by atoms with E-state index in [1.165, 1.54) is 0 Å². The van der Waals surface area contributed by atoms with Crippen molar-refractivity contribution in [1.29, 1.82) is 0 Å². The van der Waals surface area contributed by atoms with Crippen molar-refractivity contribution in [2.75, 3.05) is 44.7 Å². The second-order valence-corrected chi connectivity index (χ2v) is 5.55. The number of rotatable bonds is 5. The van der Waals surface area contributed by atoms with E-state index in [1.807, 2.05) is 17.6 Å². The summed E-state index contributed by atoms with van der Waals surface area (Å²) in [5, 5.41) is 5.33. The third-order valence-electron chi connectivity index (χ3n) is 3.24. The van der Waals surface area contributed by atoms with Gasteiger partial charge in [0.1, 0.15) is 0 Å². The number of hydrogen-bond donors (Lipinski definition) is 1. The summed E-state index contributed by atoms with van der Waals surface area (Å²) in [5.41, 5.74) is 1.02. The van der Waals surface area contributed by atoms with E-state index in [2.05, 4.69) is 20.2 Å². The van der Waals surface area contributed by atoms with Crippen molar-refractivity contribution >= 4 is 27.5 Å². The molecule has 1 saturated heterocycles. The van der Waals surface area contributed by atoms with Crippen molar-refractivity contribution in [3.8, 4) is 0 Å². The molecule has 0 amide bonds. The highest BCUT2D eigenvalue weighted by atomic mass is 32.1. The molecule has 0 unspecified atom stereocenters. The Labute approximate surface area is 116 Å². The van der Waals surface area contributed by atoms with E-state index >= 15 is 0 Å². The number of nitrogens with zero attached hydrogens (tertiary/aromatic N) is 3. The molecule has 1 N–H and O–H groups in total. The molecule has 0 atom stereocenters. The second-order valence-electron chi connectivity index (χ2n) is 4.60. The van der Waals surface area contributed by atoms with Crippen LogP contribution in [0.2, 0.25) is 0 Å². The summed E-state index contributed by atoms with van der Waals surface area (Å²) in [4.78, 5) is 11.2. The Balaban J connectivity index is 1.43. The van der Waals surface area contributed by atoms with Gasteiger partial charge < -0.3 is 10.1 Å². The number of aromatic nitrogens is 2. The van der Waals surface area contributed by atoms with Gasteiger partial charge in [0.25, 0.3) is 0 Å². The third kappa shape index (κ3) is 3.40. The Morgan fingerprint density at radius 3 is 3.16 bits per heavy atom. The molecule has 5 nitrogen and oxygen atoms in total. The first kappa shape index (κ1) is 12.8. The molecule has 1 aliphatic rings. The van der Waals surface area contributed by atoms with Gasteiger partial charge in [-0.05, 0) is 24.4 Å². The first-order valence-corrected chi connectivity index (χ1v) is 7.54. The SMILES string of the molecule is c1cc2nc(NCCCN3CCOCC3)ncc2s1. The summed E-state index contributed by atoms with van der Waals surface area (Å²) in [6.45, 7) is 5.86. The van der Waals surface area contributed by atoms with E-state index in [4.69, 9.17) is 4.74 Å². The smallest absolute Gasteiger partial charge is 0.223 e. The average molecular weight is 278 g/mol. The molecule has 0 aromatic carbocycles. The van der Waals surface area contributed by atoms with Crippen LogP contribution in [-0.2, 0) is 4.74 Å². The molecule has 2 aromatic rings. The van der Waals surface area contributed by atoms with E-state index in [-0.39, 0.29) is 0 Å². The fourth-order valence-electron chi connectivity index (χ4n) is 2.18. The second kappa shape index (κ2) is 6.27. The van der Waals surface area contributed by atoms with Crippen molar-refractivity contribution < 1.29 is 4.74 Å². The van der Waals surface area contributed by atoms with Crippen LogP contribution in [0.3, 0.4) is 0 Å². The predicted octanol–water partition coefficient (Wildman–Crippen LogP) is 1.83. The molecular formula is C13H18N4OS. The quantitative estimate of drug-likeness (QED) is 0.846. The molecule has 0 aliphatic carbocycles. The van der Waals surface area contributed by atoms with Crippen LogP contribution in [0.4, 0.5) is 5.95 Å². The van der Waals surface area contributed by atoms with Crippen molar-refractivity contribution in [3.05, 3.63) is 17.6 Å². The van der Waals surface area contributed by atoms with Crippen molar-refractivity contribution in [3.63, 3.8) is 0 Å². The van der Waals surface area contributed by atoms with Gasteiger partial charge in [-0.15, -0.1) is 11.3 Å². The van der Waals surface area contributed by atoms with Crippen LogP contribution in [-0.4, -0.2) is 54.3 Å². The lowest BCUT2D eigenvalue weighted by molar-refractivity contribution is 0.0378. The molecule has 0 radical (unpaired) electrons. The molecule has 1 aliphatic heterocycles. The highest BCUT2D eigenvalue weighted by Crippen LogP contribution is 2.18. The van der Waals surface area contributed by atoms with Gasteiger partial charge in [-0.25, -0.2) is 9.97 Å². The van der Waals surface area contributed by atoms with E-state index < -0.39 is 0 Å². The lowest BCUT2D eigenvalue weighted by Gasteiger charge is -2.26. The average Bonchev–Trinajstić information content (AvgIpc) is 2.92. The van der Waals surface area contributed by atoms with Crippen LogP contribution in [0, 0.1) is 0 Å². The van der Waals surface area contributed by atoms with Gasteiger partial charge in [-0.1, -0.05) is 0 Å². The minimum Gasteiger partial charge on any atom is -0.379 e. The molecule has 102 valence electrons. The van der Waals surface area contributed by atoms with Crippen molar-refractivity contribution in [2.45, 2.75) is 6.42 Å². The van der Waals surface area contributed by atoms with E-state index in [9.17, 15) is 0 Å². The fraction of sp³-hybridized carbons (Fsp3) is 0.538. The molecule has 2 aromatic heterocycles. The summed E-state index contributed by atoms with van der Waals surface area (Å²) in [5.74, 6) is 0.730. The van der Waals surface area contributed by atoms with Crippen LogP contribution in [0.1, 0.15) is 6.42 Å². The maximum atomic E-state index is 5.33. The topological polar surface area (TPSA) is 50.3 Å². The minimum absolute atomic E-state index is 0.730. The van der Waals surface area contributed by atoms with Gasteiger partial charge in [-0.2, -0.15) is 0 Å². The summed E-state index contributed by atoms with van der Waals surface area (Å²) in [7, 11) is 0. The van der Waals surface area contributed by atoms with Crippen LogP contribution in [0.15, 0.2) is 17.6 Å². The number of anilines is 1. The van der Waals surface area contributed by atoms with E-state index in [1.54, 1.807) is 11.3 Å². The first-order chi connectivity index (χ1) is 9.42. The van der Waals surface area contributed by atoms with Crippen LogP contribution in [0.5, 0.6) is 0 Å². The molecular weight excluding hydrogens is 260 g/mol. The van der Waals surface area contributed by atoms with Gasteiger partial charge in [-0.3, -0.25) is 4.90 Å².